The first kappa shape index (κ1) is 9.97. The number of aromatic amines is 1. The van der Waals surface area contributed by atoms with Crippen molar-refractivity contribution in [3.05, 3.63) is 34.6 Å². The summed E-state index contributed by atoms with van der Waals surface area (Å²) in [6.45, 7) is 0. The number of hydrogen-bond acceptors (Lipinski definition) is 2. The van der Waals surface area contributed by atoms with Gasteiger partial charge in [0.25, 0.3) is 0 Å². The van der Waals surface area contributed by atoms with Gasteiger partial charge in [-0.1, -0.05) is 0 Å². The Labute approximate surface area is 89.4 Å². The Hall–Kier alpha value is -1.56. The predicted octanol–water partition coefficient (Wildman–Crippen LogP) is 2.42. The molecule has 0 amide bonds. The molecule has 1 N–H and O–H groups in total. The van der Waals surface area contributed by atoms with Crippen LogP contribution in [0.15, 0.2) is 18.2 Å². The minimum absolute atomic E-state index is 0.356. The fourth-order valence-electron chi connectivity index (χ4n) is 1.17. The number of rotatable bonds is 1. The normalized spacial score (nSPS) is 10.6. The third-order valence-corrected chi connectivity index (χ3v) is 2.33. The number of aryl methyl sites for hydroxylation is 1. The third kappa shape index (κ3) is 1.80. The minimum Gasteiger partial charge on any atom is -0.279 e. The molecule has 2 rings (SSSR count). The van der Waals surface area contributed by atoms with Gasteiger partial charge in [-0.3, -0.25) is 9.78 Å². The number of aromatic nitrogens is 3. The first-order valence-corrected chi connectivity index (χ1v) is 4.57. The standard InChI is InChI=1S/C9H7F2N3S/c1-14-9(15)12-8(13-14)5-2-3-6(10)7(11)4-5/h2-4H,1H3,(H,12,13,15). The highest BCUT2D eigenvalue weighted by molar-refractivity contribution is 7.71. The number of halogens is 2. The summed E-state index contributed by atoms with van der Waals surface area (Å²) in [6.07, 6.45) is 0. The van der Waals surface area contributed by atoms with Crippen molar-refractivity contribution >= 4 is 12.2 Å². The van der Waals surface area contributed by atoms with Crippen LogP contribution in [0.1, 0.15) is 0 Å². The molecule has 0 bridgehead atoms. The highest BCUT2D eigenvalue weighted by atomic mass is 32.1. The van der Waals surface area contributed by atoms with E-state index in [2.05, 4.69) is 10.1 Å². The van der Waals surface area contributed by atoms with E-state index in [1.807, 2.05) is 0 Å². The zero-order valence-electron chi connectivity index (χ0n) is 7.79. The van der Waals surface area contributed by atoms with Crippen molar-refractivity contribution in [2.24, 2.45) is 7.05 Å². The van der Waals surface area contributed by atoms with E-state index in [1.54, 1.807) is 7.05 Å². The summed E-state index contributed by atoms with van der Waals surface area (Å²) >= 11 is 4.89. The Kier molecular flexibility index (Phi) is 2.36. The van der Waals surface area contributed by atoms with E-state index in [0.29, 0.717) is 16.2 Å². The van der Waals surface area contributed by atoms with Crippen molar-refractivity contribution in [1.29, 1.82) is 0 Å². The largest absolute Gasteiger partial charge is 0.279 e. The van der Waals surface area contributed by atoms with Crippen molar-refractivity contribution in [1.82, 2.24) is 14.8 Å². The molecule has 0 saturated carbocycles. The zero-order valence-corrected chi connectivity index (χ0v) is 8.61. The van der Waals surface area contributed by atoms with Crippen LogP contribution in [0.4, 0.5) is 8.78 Å². The van der Waals surface area contributed by atoms with E-state index < -0.39 is 11.6 Å². The maximum atomic E-state index is 12.9. The molecule has 0 fully saturated rings. The zero-order chi connectivity index (χ0) is 11.0. The molecule has 3 nitrogen and oxygen atoms in total. The van der Waals surface area contributed by atoms with Crippen LogP contribution in [0, 0.1) is 16.4 Å². The number of hydrogen-bond donors (Lipinski definition) is 1. The molecule has 6 heteroatoms. The molecule has 1 heterocycles. The molecule has 0 aliphatic carbocycles. The molecule has 1 aromatic heterocycles. The molecule has 15 heavy (non-hydrogen) atoms. The monoisotopic (exact) mass is 227 g/mol. The van der Waals surface area contributed by atoms with E-state index >= 15 is 0 Å². The van der Waals surface area contributed by atoms with Gasteiger partial charge < -0.3 is 0 Å². The van der Waals surface area contributed by atoms with Gasteiger partial charge >= 0.3 is 0 Å². The molecule has 2 aromatic rings. The van der Waals surface area contributed by atoms with E-state index in [9.17, 15) is 8.78 Å². The van der Waals surface area contributed by atoms with Gasteiger partial charge in [0.05, 0.1) is 0 Å². The molecule has 0 unspecified atom stereocenters. The third-order valence-electron chi connectivity index (χ3n) is 1.96. The quantitative estimate of drug-likeness (QED) is 0.759. The Bertz CT molecular complexity index is 559. The van der Waals surface area contributed by atoms with Crippen LogP contribution in [0.3, 0.4) is 0 Å². The molecular formula is C9H7F2N3S. The average molecular weight is 227 g/mol. The van der Waals surface area contributed by atoms with E-state index in [0.717, 1.165) is 12.1 Å². The van der Waals surface area contributed by atoms with Crippen molar-refractivity contribution in [2.45, 2.75) is 0 Å². The SMILES string of the molecule is Cn1[nH]c(-c2ccc(F)c(F)c2)nc1=S. The van der Waals surface area contributed by atoms with E-state index in [4.69, 9.17) is 12.2 Å². The van der Waals surface area contributed by atoms with Crippen molar-refractivity contribution in [3.8, 4) is 11.4 Å². The highest BCUT2D eigenvalue weighted by Crippen LogP contribution is 2.17. The lowest BCUT2D eigenvalue weighted by Crippen LogP contribution is -1.90. The van der Waals surface area contributed by atoms with Crippen LogP contribution >= 0.6 is 12.2 Å². The van der Waals surface area contributed by atoms with Gasteiger partial charge in [0.1, 0.15) is 0 Å². The fraction of sp³-hybridized carbons (Fsp3) is 0.111. The van der Waals surface area contributed by atoms with Gasteiger partial charge in [0.15, 0.2) is 17.5 Å². The van der Waals surface area contributed by atoms with Gasteiger partial charge in [0, 0.05) is 12.6 Å². The summed E-state index contributed by atoms with van der Waals surface area (Å²) in [5.41, 5.74) is 0.459. The summed E-state index contributed by atoms with van der Waals surface area (Å²) in [7, 11) is 1.69. The second kappa shape index (κ2) is 3.54. The smallest absolute Gasteiger partial charge is 0.216 e. The molecule has 0 saturated heterocycles. The van der Waals surface area contributed by atoms with Crippen LogP contribution in [-0.4, -0.2) is 14.8 Å². The number of nitrogens with zero attached hydrogens (tertiary/aromatic N) is 2. The topological polar surface area (TPSA) is 33.6 Å². The first-order chi connectivity index (χ1) is 7.08. The van der Waals surface area contributed by atoms with Gasteiger partial charge in [-0.25, -0.2) is 8.78 Å². The molecular weight excluding hydrogens is 220 g/mol. The minimum atomic E-state index is -0.905. The van der Waals surface area contributed by atoms with Crippen LogP contribution in [-0.2, 0) is 7.05 Å². The van der Waals surface area contributed by atoms with Crippen LogP contribution in [0.25, 0.3) is 11.4 Å². The average Bonchev–Trinajstić information content (AvgIpc) is 2.52. The van der Waals surface area contributed by atoms with Crippen molar-refractivity contribution in [3.63, 3.8) is 0 Å². The molecule has 0 aliphatic rings. The number of benzene rings is 1. The maximum absolute atomic E-state index is 12.9. The van der Waals surface area contributed by atoms with Crippen molar-refractivity contribution < 1.29 is 8.78 Å². The van der Waals surface area contributed by atoms with E-state index in [-0.39, 0.29) is 0 Å². The predicted molar refractivity (Wildman–Crippen MR) is 53.7 cm³/mol. The number of nitrogens with one attached hydrogen (secondary N) is 1. The second-order valence-corrected chi connectivity index (χ2v) is 3.41. The highest BCUT2D eigenvalue weighted by Gasteiger charge is 2.07. The first-order valence-electron chi connectivity index (χ1n) is 4.16. The van der Waals surface area contributed by atoms with Crippen molar-refractivity contribution in [2.75, 3.05) is 0 Å². The maximum Gasteiger partial charge on any atom is 0.216 e. The fourth-order valence-corrected chi connectivity index (χ4v) is 1.31. The summed E-state index contributed by atoms with van der Waals surface area (Å²) in [5, 5.41) is 2.82. The lowest BCUT2D eigenvalue weighted by molar-refractivity contribution is 0.509. The van der Waals surface area contributed by atoms with E-state index in [1.165, 1.54) is 10.7 Å². The Balaban J connectivity index is 2.54. The number of H-pyrrole nitrogens is 1. The van der Waals surface area contributed by atoms with Crippen LogP contribution in [0.5, 0.6) is 0 Å². The second-order valence-electron chi connectivity index (χ2n) is 3.04. The Morgan fingerprint density at radius 2 is 2.07 bits per heavy atom. The van der Waals surface area contributed by atoms with Gasteiger partial charge in [-0.2, -0.15) is 4.98 Å². The molecule has 0 atom stereocenters. The lowest BCUT2D eigenvalue weighted by Gasteiger charge is -1.97. The Morgan fingerprint density at radius 1 is 1.33 bits per heavy atom. The molecule has 78 valence electrons. The summed E-state index contributed by atoms with van der Waals surface area (Å²) in [4.78, 5) is 3.98. The lowest BCUT2D eigenvalue weighted by atomic mass is 10.2. The Morgan fingerprint density at radius 3 is 2.60 bits per heavy atom. The molecule has 0 aliphatic heterocycles. The van der Waals surface area contributed by atoms with Gasteiger partial charge in [-0.05, 0) is 30.4 Å². The van der Waals surface area contributed by atoms with Crippen LogP contribution < -0.4 is 0 Å². The van der Waals surface area contributed by atoms with Crippen LogP contribution in [0.2, 0.25) is 0 Å². The molecule has 1 aromatic carbocycles. The van der Waals surface area contributed by atoms with Gasteiger partial charge in [0.2, 0.25) is 4.77 Å². The molecule has 0 radical (unpaired) electrons. The summed E-state index contributed by atoms with van der Waals surface area (Å²) in [5.74, 6) is -1.37. The molecule has 0 spiro atoms. The van der Waals surface area contributed by atoms with Gasteiger partial charge in [-0.15, -0.1) is 0 Å². The summed E-state index contributed by atoms with van der Waals surface area (Å²) in [6, 6.07) is 3.56. The summed E-state index contributed by atoms with van der Waals surface area (Å²) < 4.78 is 27.5.